The maximum absolute atomic E-state index is 13.3. The minimum Gasteiger partial charge on any atom is -1.00 e. The Morgan fingerprint density at radius 1 is 1.10 bits per heavy atom. The molecule has 1 atom stereocenters. The van der Waals surface area contributed by atoms with Gasteiger partial charge >= 0.3 is 5.97 Å². The molecule has 6 heteroatoms. The molecule has 1 aliphatic heterocycles. The summed E-state index contributed by atoms with van der Waals surface area (Å²) < 4.78 is 15.7. The van der Waals surface area contributed by atoms with Crippen molar-refractivity contribution in [2.45, 2.75) is 38.0 Å². The van der Waals surface area contributed by atoms with Gasteiger partial charge in [-0.2, -0.15) is 0 Å². The molecule has 2 aromatic carbocycles. The van der Waals surface area contributed by atoms with Crippen LogP contribution in [0, 0.1) is 0 Å². The SMILES string of the molecule is CCOCc1n(CC2CC(c3ccccc3)(c3ccccc3)C(=O)O2)cc[n+]1C.[I-]. The number of nitrogens with zero attached hydrogens (tertiary/aromatic N) is 2. The molecular formula is C24H27IN2O3. The first-order chi connectivity index (χ1) is 14.1. The van der Waals surface area contributed by atoms with Gasteiger partial charge in [-0.25, -0.2) is 9.13 Å². The van der Waals surface area contributed by atoms with E-state index in [0.29, 0.717) is 26.2 Å². The summed E-state index contributed by atoms with van der Waals surface area (Å²) in [6.45, 7) is 3.79. The zero-order chi connectivity index (χ0) is 20.3. The van der Waals surface area contributed by atoms with E-state index in [-0.39, 0.29) is 36.0 Å². The first-order valence-electron chi connectivity index (χ1n) is 10.1. The van der Waals surface area contributed by atoms with Gasteiger partial charge in [-0.05, 0) is 18.1 Å². The van der Waals surface area contributed by atoms with Crippen LogP contribution in [0.15, 0.2) is 73.1 Å². The summed E-state index contributed by atoms with van der Waals surface area (Å²) in [5.41, 5.74) is 1.18. The minimum atomic E-state index is -0.775. The Bertz CT molecular complexity index is 933. The number of hydrogen-bond acceptors (Lipinski definition) is 3. The first-order valence-corrected chi connectivity index (χ1v) is 10.1. The van der Waals surface area contributed by atoms with Crippen molar-refractivity contribution < 1.29 is 42.8 Å². The van der Waals surface area contributed by atoms with Crippen LogP contribution in [0.5, 0.6) is 0 Å². The zero-order valence-electron chi connectivity index (χ0n) is 17.3. The smallest absolute Gasteiger partial charge is 0.321 e. The van der Waals surface area contributed by atoms with Crippen LogP contribution < -0.4 is 28.5 Å². The minimum absolute atomic E-state index is 0. The van der Waals surface area contributed by atoms with Crippen molar-refractivity contribution in [1.29, 1.82) is 0 Å². The Hall–Kier alpha value is -2.19. The average Bonchev–Trinajstić information content (AvgIpc) is 3.27. The summed E-state index contributed by atoms with van der Waals surface area (Å²) in [4.78, 5) is 13.3. The number of aromatic nitrogens is 2. The summed E-state index contributed by atoms with van der Waals surface area (Å²) in [5.74, 6) is 0.877. The van der Waals surface area contributed by atoms with Gasteiger partial charge in [-0.1, -0.05) is 60.7 Å². The quantitative estimate of drug-likeness (QED) is 0.254. The molecular weight excluding hydrogens is 491 g/mol. The van der Waals surface area contributed by atoms with E-state index >= 15 is 0 Å². The lowest BCUT2D eigenvalue weighted by Gasteiger charge is -2.26. The summed E-state index contributed by atoms with van der Waals surface area (Å²) in [7, 11) is 2.00. The van der Waals surface area contributed by atoms with Crippen molar-refractivity contribution in [2.24, 2.45) is 7.05 Å². The Morgan fingerprint density at radius 2 is 1.70 bits per heavy atom. The molecule has 158 valence electrons. The summed E-state index contributed by atoms with van der Waals surface area (Å²) in [6.07, 6.45) is 4.42. The van der Waals surface area contributed by atoms with Gasteiger partial charge in [-0.3, -0.25) is 4.79 Å². The highest BCUT2D eigenvalue weighted by Gasteiger charge is 2.52. The lowest BCUT2D eigenvalue weighted by molar-refractivity contribution is -0.681. The summed E-state index contributed by atoms with van der Waals surface area (Å²) in [5, 5.41) is 0. The Kier molecular flexibility index (Phi) is 7.31. The van der Waals surface area contributed by atoms with Gasteiger partial charge in [0.15, 0.2) is 0 Å². The number of carbonyl (C=O) groups is 1. The number of aryl methyl sites for hydroxylation is 1. The molecule has 0 radical (unpaired) electrons. The molecule has 1 aliphatic rings. The van der Waals surface area contributed by atoms with Crippen LogP contribution in [0.3, 0.4) is 0 Å². The van der Waals surface area contributed by atoms with Crippen molar-refractivity contribution in [1.82, 2.24) is 4.57 Å². The molecule has 5 nitrogen and oxygen atoms in total. The number of carbonyl (C=O) groups excluding carboxylic acids is 1. The second kappa shape index (κ2) is 9.75. The van der Waals surface area contributed by atoms with Gasteiger partial charge < -0.3 is 33.5 Å². The van der Waals surface area contributed by atoms with E-state index in [1.807, 2.05) is 91.6 Å². The predicted molar refractivity (Wildman–Crippen MR) is 109 cm³/mol. The van der Waals surface area contributed by atoms with Gasteiger partial charge in [0.05, 0.1) is 7.05 Å². The Balaban J connectivity index is 0.00000256. The first kappa shape index (κ1) is 22.5. The van der Waals surface area contributed by atoms with Crippen molar-refractivity contribution in [3.05, 3.63) is 90.0 Å². The van der Waals surface area contributed by atoms with E-state index in [9.17, 15) is 4.79 Å². The van der Waals surface area contributed by atoms with Crippen molar-refractivity contribution in [2.75, 3.05) is 6.61 Å². The number of halogens is 1. The van der Waals surface area contributed by atoms with Crippen LogP contribution in [-0.4, -0.2) is 23.2 Å². The highest BCUT2D eigenvalue weighted by atomic mass is 127. The van der Waals surface area contributed by atoms with Gasteiger partial charge in [0, 0.05) is 13.0 Å². The second-order valence-electron chi connectivity index (χ2n) is 7.48. The number of cyclic esters (lactones) is 1. The molecule has 0 amide bonds. The molecule has 0 N–H and O–H groups in total. The topological polar surface area (TPSA) is 44.3 Å². The second-order valence-corrected chi connectivity index (χ2v) is 7.48. The van der Waals surface area contributed by atoms with Crippen LogP contribution in [0.1, 0.15) is 30.3 Å². The van der Waals surface area contributed by atoms with E-state index in [1.54, 1.807) is 0 Å². The van der Waals surface area contributed by atoms with Crippen LogP contribution in [0.4, 0.5) is 0 Å². The lowest BCUT2D eigenvalue weighted by Crippen LogP contribution is -3.00. The maximum atomic E-state index is 13.3. The van der Waals surface area contributed by atoms with E-state index in [2.05, 4.69) is 4.57 Å². The van der Waals surface area contributed by atoms with E-state index in [0.717, 1.165) is 17.0 Å². The fraction of sp³-hybridized carbons (Fsp3) is 0.333. The predicted octanol–water partition coefficient (Wildman–Crippen LogP) is 0.155. The standard InChI is InChI=1S/C24H27N2O3.HI/c1-3-28-18-22-25(2)14-15-26(22)17-21-16-24(23(27)29-21,19-10-6-4-7-11-19)20-12-8-5-9-13-20;/h4-15,21H,3,16-18H2,1-2H3;1H/q+1;/p-1. The molecule has 1 saturated heterocycles. The fourth-order valence-corrected chi connectivity index (χ4v) is 4.22. The molecule has 0 saturated carbocycles. The zero-order valence-corrected chi connectivity index (χ0v) is 19.5. The van der Waals surface area contributed by atoms with E-state index in [4.69, 9.17) is 9.47 Å². The number of imidazole rings is 1. The van der Waals surface area contributed by atoms with Gasteiger partial charge in [-0.15, -0.1) is 0 Å². The van der Waals surface area contributed by atoms with Crippen LogP contribution >= 0.6 is 0 Å². The fourth-order valence-electron chi connectivity index (χ4n) is 4.22. The molecule has 1 aromatic heterocycles. The van der Waals surface area contributed by atoms with Gasteiger partial charge in [0.25, 0.3) is 5.82 Å². The van der Waals surface area contributed by atoms with Crippen LogP contribution in [0.25, 0.3) is 0 Å². The number of hydrogen-bond donors (Lipinski definition) is 0. The molecule has 2 heterocycles. The van der Waals surface area contributed by atoms with E-state index < -0.39 is 5.41 Å². The summed E-state index contributed by atoms with van der Waals surface area (Å²) >= 11 is 0. The third-order valence-corrected chi connectivity index (χ3v) is 5.73. The Labute approximate surface area is 194 Å². The van der Waals surface area contributed by atoms with Gasteiger partial charge in [0.2, 0.25) is 0 Å². The average molecular weight is 518 g/mol. The monoisotopic (exact) mass is 518 g/mol. The summed E-state index contributed by atoms with van der Waals surface area (Å²) in [6, 6.07) is 19.9. The third-order valence-electron chi connectivity index (χ3n) is 5.73. The normalized spacial score (nSPS) is 17.4. The van der Waals surface area contributed by atoms with Crippen molar-refractivity contribution >= 4 is 5.97 Å². The molecule has 30 heavy (non-hydrogen) atoms. The molecule has 0 bridgehead atoms. The number of rotatable bonds is 7. The van der Waals surface area contributed by atoms with Crippen LogP contribution in [0.2, 0.25) is 0 Å². The molecule has 0 aliphatic carbocycles. The highest BCUT2D eigenvalue weighted by molar-refractivity contribution is 5.89. The van der Waals surface area contributed by atoms with Crippen LogP contribution in [-0.2, 0) is 39.9 Å². The molecule has 3 aromatic rings. The largest absolute Gasteiger partial charge is 1.00 e. The Morgan fingerprint density at radius 3 is 2.27 bits per heavy atom. The van der Waals surface area contributed by atoms with Gasteiger partial charge in [0.1, 0.15) is 37.1 Å². The molecule has 0 spiro atoms. The van der Waals surface area contributed by atoms with Crippen molar-refractivity contribution in [3.63, 3.8) is 0 Å². The maximum Gasteiger partial charge on any atom is 0.321 e. The molecule has 1 fully saturated rings. The number of ether oxygens (including phenoxy) is 2. The number of esters is 1. The number of benzene rings is 2. The van der Waals surface area contributed by atoms with E-state index in [1.165, 1.54) is 0 Å². The highest BCUT2D eigenvalue weighted by Crippen LogP contribution is 2.43. The van der Waals surface area contributed by atoms with Crippen molar-refractivity contribution in [3.8, 4) is 0 Å². The molecule has 4 rings (SSSR count). The third kappa shape index (κ3) is 4.16. The molecule has 1 unspecified atom stereocenters. The lowest BCUT2D eigenvalue weighted by atomic mass is 9.72.